The molecule has 0 bridgehead atoms. The number of nitrogens with zero attached hydrogens (tertiary/aromatic N) is 2. The Balaban J connectivity index is 1.87. The van der Waals surface area contributed by atoms with Crippen molar-refractivity contribution in [1.29, 1.82) is 0 Å². The maximum absolute atomic E-state index is 12.1. The number of aromatic nitrogens is 1. The average Bonchev–Trinajstić information content (AvgIpc) is 2.89. The molecule has 1 aromatic rings. The molecule has 2 rings (SSSR count). The summed E-state index contributed by atoms with van der Waals surface area (Å²) in [7, 11) is 0. The lowest BCUT2D eigenvalue weighted by Gasteiger charge is -2.19. The fourth-order valence-corrected chi connectivity index (χ4v) is 2.61. The quantitative estimate of drug-likeness (QED) is 0.884. The summed E-state index contributed by atoms with van der Waals surface area (Å²) in [6.07, 6.45) is 4.64. The smallest absolute Gasteiger partial charge is 0.223 e. The van der Waals surface area contributed by atoms with E-state index in [9.17, 15) is 4.79 Å². The van der Waals surface area contributed by atoms with Crippen LogP contribution in [0.25, 0.3) is 0 Å². The van der Waals surface area contributed by atoms with Crippen LogP contribution in [0.1, 0.15) is 33.1 Å². The Hall–Kier alpha value is -1.58. The van der Waals surface area contributed by atoms with E-state index in [0.717, 1.165) is 38.2 Å². The summed E-state index contributed by atoms with van der Waals surface area (Å²) in [6.45, 7) is 5.97. The van der Waals surface area contributed by atoms with E-state index in [4.69, 9.17) is 0 Å². The maximum atomic E-state index is 12.1. The highest BCUT2D eigenvalue weighted by Gasteiger charge is 2.26. The summed E-state index contributed by atoms with van der Waals surface area (Å²) >= 11 is 0. The number of carbonyl (C=O) groups excluding carboxylic acids is 1. The molecular formula is C15H23N3O. The molecule has 1 aliphatic heterocycles. The zero-order valence-electron chi connectivity index (χ0n) is 11.8. The summed E-state index contributed by atoms with van der Waals surface area (Å²) in [4.78, 5) is 18.6. The van der Waals surface area contributed by atoms with Gasteiger partial charge >= 0.3 is 0 Å². The molecule has 1 atom stereocenters. The Morgan fingerprint density at radius 3 is 2.89 bits per heavy atom. The van der Waals surface area contributed by atoms with Gasteiger partial charge in [-0.05, 0) is 31.4 Å². The van der Waals surface area contributed by atoms with E-state index in [2.05, 4.69) is 29.0 Å². The van der Waals surface area contributed by atoms with Crippen molar-refractivity contribution in [3.8, 4) is 0 Å². The monoisotopic (exact) mass is 261 g/mol. The number of anilines is 1. The van der Waals surface area contributed by atoms with E-state index in [-0.39, 0.29) is 17.9 Å². The van der Waals surface area contributed by atoms with Gasteiger partial charge in [0.2, 0.25) is 5.91 Å². The Morgan fingerprint density at radius 1 is 1.47 bits per heavy atom. The first-order chi connectivity index (χ1) is 9.24. The van der Waals surface area contributed by atoms with E-state index < -0.39 is 0 Å². The van der Waals surface area contributed by atoms with Crippen molar-refractivity contribution in [3.05, 3.63) is 24.4 Å². The van der Waals surface area contributed by atoms with Gasteiger partial charge in [-0.2, -0.15) is 0 Å². The second-order valence-electron chi connectivity index (χ2n) is 5.14. The summed E-state index contributed by atoms with van der Waals surface area (Å²) < 4.78 is 0. The van der Waals surface area contributed by atoms with Crippen LogP contribution in [0.15, 0.2) is 24.4 Å². The van der Waals surface area contributed by atoms with E-state index in [1.54, 1.807) is 0 Å². The molecule has 19 heavy (non-hydrogen) atoms. The highest BCUT2D eigenvalue weighted by atomic mass is 16.1. The van der Waals surface area contributed by atoms with Gasteiger partial charge in [0.1, 0.15) is 5.82 Å². The zero-order valence-corrected chi connectivity index (χ0v) is 11.8. The molecule has 1 fully saturated rings. The summed E-state index contributed by atoms with van der Waals surface area (Å²) in [5.41, 5.74) is 0. The van der Waals surface area contributed by atoms with E-state index in [0.29, 0.717) is 0 Å². The number of hydrogen-bond acceptors (Lipinski definition) is 3. The highest BCUT2D eigenvalue weighted by Crippen LogP contribution is 2.18. The van der Waals surface area contributed by atoms with E-state index in [1.165, 1.54) is 0 Å². The van der Waals surface area contributed by atoms with Gasteiger partial charge in [-0.15, -0.1) is 0 Å². The fourth-order valence-electron chi connectivity index (χ4n) is 2.61. The predicted octanol–water partition coefficient (Wildman–Crippen LogP) is 2.21. The second-order valence-corrected chi connectivity index (χ2v) is 5.14. The standard InChI is InChI=1S/C15H23N3O/c1-3-12(4-2)15(19)17-13-8-10-18(11-13)14-7-5-6-9-16-14/h5-7,9,12-13H,3-4,8,10-11H2,1-2H3,(H,17,19). The molecule has 1 N–H and O–H groups in total. The summed E-state index contributed by atoms with van der Waals surface area (Å²) in [5.74, 6) is 1.36. The Kier molecular flexibility index (Phi) is 4.77. The lowest BCUT2D eigenvalue weighted by molar-refractivity contribution is -0.125. The van der Waals surface area contributed by atoms with Gasteiger partial charge in [0.05, 0.1) is 0 Å². The molecule has 0 aliphatic carbocycles. The molecule has 4 heteroatoms. The summed E-state index contributed by atoms with van der Waals surface area (Å²) in [5, 5.41) is 3.17. The van der Waals surface area contributed by atoms with E-state index >= 15 is 0 Å². The highest BCUT2D eigenvalue weighted by molar-refractivity contribution is 5.79. The molecule has 0 radical (unpaired) electrons. The molecule has 1 unspecified atom stereocenters. The van der Waals surface area contributed by atoms with Crippen molar-refractivity contribution < 1.29 is 4.79 Å². The molecule has 1 saturated heterocycles. The fraction of sp³-hybridized carbons (Fsp3) is 0.600. The van der Waals surface area contributed by atoms with Crippen molar-refractivity contribution >= 4 is 11.7 Å². The minimum absolute atomic E-state index is 0.156. The molecule has 0 aromatic carbocycles. The van der Waals surface area contributed by atoms with Crippen LogP contribution >= 0.6 is 0 Å². The molecule has 1 aromatic heterocycles. The number of amides is 1. The van der Waals surface area contributed by atoms with Gasteiger partial charge in [-0.1, -0.05) is 19.9 Å². The molecule has 4 nitrogen and oxygen atoms in total. The third kappa shape index (κ3) is 3.46. The molecule has 0 saturated carbocycles. The number of carbonyl (C=O) groups is 1. The zero-order chi connectivity index (χ0) is 13.7. The number of hydrogen-bond donors (Lipinski definition) is 1. The summed E-state index contributed by atoms with van der Waals surface area (Å²) in [6, 6.07) is 6.20. The lowest BCUT2D eigenvalue weighted by atomic mass is 10.0. The van der Waals surface area contributed by atoms with Crippen LogP contribution in [0.5, 0.6) is 0 Å². The van der Waals surface area contributed by atoms with Crippen molar-refractivity contribution in [2.75, 3.05) is 18.0 Å². The largest absolute Gasteiger partial charge is 0.354 e. The Morgan fingerprint density at radius 2 is 2.26 bits per heavy atom. The van der Waals surface area contributed by atoms with Crippen molar-refractivity contribution in [2.45, 2.75) is 39.2 Å². The first-order valence-electron chi connectivity index (χ1n) is 7.21. The van der Waals surface area contributed by atoms with Crippen LogP contribution in [0.2, 0.25) is 0 Å². The lowest BCUT2D eigenvalue weighted by Crippen LogP contribution is -2.40. The molecule has 104 valence electrons. The first-order valence-corrected chi connectivity index (χ1v) is 7.21. The molecule has 2 heterocycles. The van der Waals surface area contributed by atoms with Crippen LogP contribution in [0.3, 0.4) is 0 Å². The van der Waals surface area contributed by atoms with Crippen LogP contribution < -0.4 is 10.2 Å². The third-order valence-electron chi connectivity index (χ3n) is 3.86. The normalized spacial score (nSPS) is 18.9. The number of rotatable bonds is 5. The van der Waals surface area contributed by atoms with Crippen LogP contribution in [0, 0.1) is 5.92 Å². The van der Waals surface area contributed by atoms with Gasteiger partial charge in [0.25, 0.3) is 0 Å². The van der Waals surface area contributed by atoms with Crippen molar-refractivity contribution in [3.63, 3.8) is 0 Å². The van der Waals surface area contributed by atoms with Gasteiger partial charge in [-0.3, -0.25) is 4.79 Å². The average molecular weight is 261 g/mol. The molecule has 1 aliphatic rings. The first kappa shape index (κ1) is 13.8. The third-order valence-corrected chi connectivity index (χ3v) is 3.86. The second kappa shape index (κ2) is 6.55. The Labute approximate surface area is 115 Å². The van der Waals surface area contributed by atoms with Gasteiger partial charge in [0.15, 0.2) is 0 Å². The molecule has 1 amide bonds. The number of nitrogens with one attached hydrogen (secondary N) is 1. The molecule has 0 spiro atoms. The Bertz CT molecular complexity index is 403. The minimum Gasteiger partial charge on any atom is -0.354 e. The van der Waals surface area contributed by atoms with Crippen LogP contribution in [0.4, 0.5) is 5.82 Å². The van der Waals surface area contributed by atoms with Crippen molar-refractivity contribution in [2.24, 2.45) is 5.92 Å². The van der Waals surface area contributed by atoms with Crippen LogP contribution in [-0.2, 0) is 4.79 Å². The van der Waals surface area contributed by atoms with Gasteiger partial charge in [0, 0.05) is 31.2 Å². The SMILES string of the molecule is CCC(CC)C(=O)NC1CCN(c2ccccn2)C1. The molecular weight excluding hydrogens is 238 g/mol. The predicted molar refractivity (Wildman–Crippen MR) is 77.1 cm³/mol. The van der Waals surface area contributed by atoms with Gasteiger partial charge in [-0.25, -0.2) is 4.98 Å². The minimum atomic E-state index is 0.156. The van der Waals surface area contributed by atoms with Crippen molar-refractivity contribution in [1.82, 2.24) is 10.3 Å². The topological polar surface area (TPSA) is 45.2 Å². The maximum Gasteiger partial charge on any atom is 0.223 e. The van der Waals surface area contributed by atoms with E-state index in [1.807, 2.05) is 24.4 Å². The number of pyridine rings is 1. The van der Waals surface area contributed by atoms with Gasteiger partial charge < -0.3 is 10.2 Å². The van der Waals surface area contributed by atoms with Crippen LogP contribution in [-0.4, -0.2) is 30.0 Å².